The molecule has 1 N–H and O–H groups in total. The van der Waals surface area contributed by atoms with Crippen molar-refractivity contribution in [2.24, 2.45) is 0 Å². The third kappa shape index (κ3) is 4.51. The Balaban J connectivity index is 0.000000221. The number of nitrogens with zero attached hydrogens (tertiary/aromatic N) is 2. The van der Waals surface area contributed by atoms with E-state index in [1.54, 1.807) is 6.20 Å². The van der Waals surface area contributed by atoms with Gasteiger partial charge in [0.1, 0.15) is 12.7 Å². The third-order valence-corrected chi connectivity index (χ3v) is 1.79. The summed E-state index contributed by atoms with van der Waals surface area (Å²) in [6.07, 6.45) is 7.74. The molecule has 7 nitrogen and oxygen atoms in total. The van der Waals surface area contributed by atoms with Crippen LogP contribution in [0.25, 0.3) is 6.08 Å². The number of H-pyrrole nitrogens is 1. The fraction of sp³-hybridized carbons (Fsp3) is 0.250. The van der Waals surface area contributed by atoms with Crippen molar-refractivity contribution in [1.29, 1.82) is 0 Å². The van der Waals surface area contributed by atoms with Crippen molar-refractivity contribution in [2.75, 3.05) is 18.5 Å². The lowest BCUT2D eigenvalue weighted by Gasteiger charge is -2.17. The van der Waals surface area contributed by atoms with Gasteiger partial charge in [0.25, 0.3) is 0 Å². The van der Waals surface area contributed by atoms with Crippen LogP contribution in [0.5, 0.6) is 0 Å². The summed E-state index contributed by atoms with van der Waals surface area (Å²) in [4.78, 5) is 9.49. The van der Waals surface area contributed by atoms with E-state index in [0.717, 1.165) is 18.1 Å². The minimum Gasteiger partial charge on any atom is -0.259 e. The lowest BCUT2D eigenvalue weighted by Crippen LogP contribution is -2.68. The normalized spacial score (nSPS) is 13.9. The van der Waals surface area contributed by atoms with Gasteiger partial charge in [0.05, 0.1) is 13.2 Å². The molecule has 88 valence electrons. The Hall–Kier alpha value is -1.25. The highest BCUT2D eigenvalue weighted by Gasteiger charge is 2.16. The first-order chi connectivity index (χ1) is 7.38. The SMILES string of the molecule is CN1CC=Cc2ncc[nH+]c21.[O-][Cl+3]([O-])([O-])[O-]. The zero-order chi connectivity index (χ0) is 12.2. The Morgan fingerprint density at radius 2 is 2.00 bits per heavy atom. The Morgan fingerprint density at radius 1 is 1.38 bits per heavy atom. The van der Waals surface area contributed by atoms with E-state index in [1.165, 1.54) is 0 Å². The number of aromatic nitrogens is 2. The van der Waals surface area contributed by atoms with Gasteiger partial charge >= 0.3 is 5.82 Å². The zero-order valence-corrected chi connectivity index (χ0v) is 9.18. The standard InChI is InChI=1S/C8H9N3.ClHO4/c1-11-6-2-3-7-8(11)10-5-4-9-7;2-1(3,4)5/h2-5H,6H2,1H3;(H,2,3,4,5). The molecule has 2 heterocycles. The first-order valence-corrected chi connectivity index (χ1v) is 5.47. The summed E-state index contributed by atoms with van der Waals surface area (Å²) in [7, 11) is -2.90. The second kappa shape index (κ2) is 5.19. The van der Waals surface area contributed by atoms with E-state index in [4.69, 9.17) is 18.6 Å². The molecule has 0 aliphatic carbocycles. The number of fused-ring (bicyclic) bond motifs is 1. The maximum atomic E-state index is 8.49. The molecule has 0 unspecified atom stereocenters. The molecule has 2 rings (SSSR count). The average Bonchev–Trinajstić information content (AvgIpc) is 2.16. The molecule has 0 aromatic carbocycles. The van der Waals surface area contributed by atoms with Gasteiger partial charge in [-0.2, -0.15) is 0 Å². The molecular weight excluding hydrogens is 238 g/mol. The zero-order valence-electron chi connectivity index (χ0n) is 8.42. The second-order valence-electron chi connectivity index (χ2n) is 2.98. The maximum Gasteiger partial charge on any atom is 0.300 e. The summed E-state index contributed by atoms with van der Waals surface area (Å²) < 4.78 is 34.0. The van der Waals surface area contributed by atoms with Gasteiger partial charge in [-0.3, -0.25) is 4.90 Å². The molecule has 8 heteroatoms. The molecule has 0 spiro atoms. The van der Waals surface area contributed by atoms with Gasteiger partial charge in [-0.15, -0.1) is 10.2 Å². The van der Waals surface area contributed by atoms with Gasteiger partial charge in [0.2, 0.25) is 0 Å². The third-order valence-electron chi connectivity index (χ3n) is 1.79. The Kier molecular flexibility index (Phi) is 4.16. The van der Waals surface area contributed by atoms with E-state index >= 15 is 0 Å². The number of rotatable bonds is 0. The van der Waals surface area contributed by atoms with E-state index in [-0.39, 0.29) is 0 Å². The van der Waals surface area contributed by atoms with Gasteiger partial charge in [0, 0.05) is 0 Å². The molecule has 0 bridgehead atoms. The lowest BCUT2D eigenvalue weighted by atomic mass is 10.2. The monoisotopic (exact) mass is 247 g/mol. The van der Waals surface area contributed by atoms with Gasteiger partial charge < -0.3 is 0 Å². The van der Waals surface area contributed by atoms with Crippen molar-refractivity contribution < 1.29 is 33.9 Å². The largest absolute Gasteiger partial charge is 0.300 e. The number of likely N-dealkylation sites (N-methyl/N-ethyl adjacent to an activating group) is 1. The Bertz CT molecular complexity index is 374. The summed E-state index contributed by atoms with van der Waals surface area (Å²) in [6.45, 7) is 0.954. The van der Waals surface area contributed by atoms with Crippen LogP contribution in [-0.4, -0.2) is 18.6 Å². The minimum absolute atomic E-state index is 0.954. The number of nitrogens with one attached hydrogen (secondary N) is 1. The molecule has 1 aromatic heterocycles. The van der Waals surface area contributed by atoms with E-state index in [1.807, 2.05) is 19.3 Å². The van der Waals surface area contributed by atoms with Crippen LogP contribution in [0.15, 0.2) is 18.5 Å². The smallest absolute Gasteiger partial charge is 0.259 e. The summed E-state index contributed by atoms with van der Waals surface area (Å²) in [5.41, 5.74) is 1.02. The van der Waals surface area contributed by atoms with Crippen molar-refractivity contribution in [2.45, 2.75) is 0 Å². The van der Waals surface area contributed by atoms with Crippen LogP contribution >= 0.6 is 0 Å². The predicted octanol–water partition coefficient (Wildman–Crippen LogP) is -4.40. The van der Waals surface area contributed by atoms with E-state index in [2.05, 4.69) is 20.9 Å². The molecular formula is C8H10ClN3O4. The maximum absolute atomic E-state index is 8.49. The van der Waals surface area contributed by atoms with Gasteiger partial charge in [-0.1, -0.05) is 0 Å². The highest BCUT2D eigenvalue weighted by Crippen LogP contribution is 2.15. The Morgan fingerprint density at radius 3 is 2.56 bits per heavy atom. The lowest BCUT2D eigenvalue weighted by molar-refractivity contribution is -2.00. The molecule has 0 amide bonds. The number of hydrogen-bond acceptors (Lipinski definition) is 6. The second-order valence-corrected chi connectivity index (χ2v) is 3.74. The quantitative estimate of drug-likeness (QED) is 0.456. The molecule has 1 aromatic rings. The average molecular weight is 248 g/mol. The minimum atomic E-state index is -4.94. The molecule has 0 fully saturated rings. The summed E-state index contributed by atoms with van der Waals surface area (Å²) in [5.74, 6) is 1.09. The topological polar surface area (TPSA) is 123 Å². The first-order valence-electron chi connectivity index (χ1n) is 4.24. The van der Waals surface area contributed by atoms with Crippen molar-refractivity contribution in [3.63, 3.8) is 0 Å². The van der Waals surface area contributed by atoms with Crippen molar-refractivity contribution in [3.8, 4) is 0 Å². The summed E-state index contributed by atoms with van der Waals surface area (Å²) in [6, 6.07) is 0. The fourth-order valence-electron chi connectivity index (χ4n) is 1.21. The fourth-order valence-corrected chi connectivity index (χ4v) is 1.21. The molecule has 0 saturated carbocycles. The predicted molar refractivity (Wildman–Crippen MR) is 43.1 cm³/mol. The van der Waals surface area contributed by atoms with Crippen LogP contribution in [0.4, 0.5) is 5.82 Å². The number of aromatic amines is 1. The number of hydrogen-bond donors (Lipinski definition) is 0. The highest BCUT2D eigenvalue weighted by molar-refractivity contribution is 5.61. The van der Waals surface area contributed by atoms with Crippen LogP contribution in [0.2, 0.25) is 0 Å². The summed E-state index contributed by atoms with van der Waals surface area (Å²) >= 11 is 0. The molecule has 1 aliphatic heterocycles. The van der Waals surface area contributed by atoms with Crippen LogP contribution in [0.1, 0.15) is 5.69 Å². The number of halogens is 1. The van der Waals surface area contributed by atoms with Gasteiger partial charge in [-0.05, 0) is 12.2 Å². The molecule has 0 atom stereocenters. The molecule has 16 heavy (non-hydrogen) atoms. The number of anilines is 1. The van der Waals surface area contributed by atoms with Crippen LogP contribution in [0, 0.1) is 10.2 Å². The van der Waals surface area contributed by atoms with Crippen molar-refractivity contribution in [3.05, 3.63) is 24.2 Å². The molecule has 0 radical (unpaired) electrons. The molecule has 0 saturated heterocycles. The van der Waals surface area contributed by atoms with E-state index in [9.17, 15) is 0 Å². The van der Waals surface area contributed by atoms with E-state index in [0.29, 0.717) is 0 Å². The Labute approximate surface area is 94.0 Å². The summed E-state index contributed by atoms with van der Waals surface area (Å²) in [5, 5.41) is 0. The van der Waals surface area contributed by atoms with Crippen LogP contribution < -0.4 is 28.5 Å². The van der Waals surface area contributed by atoms with Gasteiger partial charge in [-0.25, -0.2) is 28.6 Å². The van der Waals surface area contributed by atoms with E-state index < -0.39 is 10.2 Å². The van der Waals surface area contributed by atoms with Crippen LogP contribution in [0.3, 0.4) is 0 Å². The highest BCUT2D eigenvalue weighted by atomic mass is 35.7. The molecule has 1 aliphatic rings. The van der Waals surface area contributed by atoms with Crippen molar-refractivity contribution in [1.82, 2.24) is 4.98 Å². The van der Waals surface area contributed by atoms with Gasteiger partial charge in [0.15, 0.2) is 5.69 Å². The van der Waals surface area contributed by atoms with Crippen molar-refractivity contribution >= 4 is 11.9 Å². The van der Waals surface area contributed by atoms with Crippen LogP contribution in [-0.2, 0) is 0 Å². The first kappa shape index (κ1) is 12.8.